The smallest absolute Gasteiger partial charge is 0.208 e. The summed E-state index contributed by atoms with van der Waals surface area (Å²) in [5.41, 5.74) is 6.17. The van der Waals surface area contributed by atoms with Crippen LogP contribution in [0.1, 0.15) is 33.7 Å². The minimum atomic E-state index is -0.399. The van der Waals surface area contributed by atoms with Crippen LogP contribution in [0.2, 0.25) is 0 Å². The van der Waals surface area contributed by atoms with Crippen molar-refractivity contribution in [3.63, 3.8) is 0 Å². The van der Waals surface area contributed by atoms with Crippen LogP contribution in [0.4, 0.5) is 0 Å². The summed E-state index contributed by atoms with van der Waals surface area (Å²) in [5, 5.41) is 42.2. The van der Waals surface area contributed by atoms with Crippen LogP contribution in [0, 0.1) is 0 Å². The standard InChI is InChI=1S/C30H26O7/c1-35-18-7-3-15(4-8-18)11-21-22-13-24(33)28(34)30(36-2)29(22)37-25-14-23(32)26-19-10-6-17(31)12-16(19)5-9-20(26)27(21)25/h3-4,6-8,10,12-14,21,31-34H,5,9,11H2,1-2H3. The van der Waals surface area contributed by atoms with Gasteiger partial charge in [-0.15, -0.1) is 0 Å². The molecule has 37 heavy (non-hydrogen) atoms. The number of fused-ring (bicyclic) bond motifs is 6. The maximum Gasteiger partial charge on any atom is 0.208 e. The van der Waals surface area contributed by atoms with E-state index in [-0.39, 0.29) is 28.9 Å². The Kier molecular flexibility index (Phi) is 5.30. The van der Waals surface area contributed by atoms with Crippen molar-refractivity contribution in [3.8, 4) is 57.1 Å². The van der Waals surface area contributed by atoms with Crippen LogP contribution in [0.25, 0.3) is 11.1 Å². The van der Waals surface area contributed by atoms with E-state index in [1.54, 1.807) is 25.3 Å². The first kappa shape index (κ1) is 22.9. The summed E-state index contributed by atoms with van der Waals surface area (Å²) < 4.78 is 17.0. The summed E-state index contributed by atoms with van der Waals surface area (Å²) >= 11 is 0. The summed E-state index contributed by atoms with van der Waals surface area (Å²) in [6, 6.07) is 16.1. The molecule has 188 valence electrons. The van der Waals surface area contributed by atoms with E-state index in [1.807, 2.05) is 30.3 Å². The molecule has 1 unspecified atom stereocenters. The van der Waals surface area contributed by atoms with Gasteiger partial charge in [0.1, 0.15) is 23.0 Å². The van der Waals surface area contributed by atoms with E-state index in [4.69, 9.17) is 14.2 Å². The monoisotopic (exact) mass is 498 g/mol. The van der Waals surface area contributed by atoms with Crippen LogP contribution in [0.15, 0.2) is 54.6 Å². The summed E-state index contributed by atoms with van der Waals surface area (Å²) in [5.74, 6) is 0.893. The molecule has 1 aliphatic heterocycles. The Bertz CT molecular complexity index is 1540. The van der Waals surface area contributed by atoms with Gasteiger partial charge in [-0.3, -0.25) is 0 Å². The number of ether oxygens (including phenoxy) is 3. The van der Waals surface area contributed by atoms with Gasteiger partial charge in [-0.1, -0.05) is 18.2 Å². The van der Waals surface area contributed by atoms with E-state index in [2.05, 4.69) is 0 Å². The molecule has 1 heterocycles. The molecule has 4 aromatic carbocycles. The molecule has 0 fully saturated rings. The van der Waals surface area contributed by atoms with E-state index in [9.17, 15) is 20.4 Å². The van der Waals surface area contributed by atoms with Crippen molar-refractivity contribution in [3.05, 3.63) is 82.4 Å². The second-order valence-electron chi connectivity index (χ2n) is 9.41. The average molecular weight is 499 g/mol. The summed E-state index contributed by atoms with van der Waals surface area (Å²) in [6.07, 6.45) is 1.90. The lowest BCUT2D eigenvalue weighted by Crippen LogP contribution is -2.18. The molecule has 0 saturated carbocycles. The molecule has 0 amide bonds. The fraction of sp³-hybridized carbons (Fsp3) is 0.200. The van der Waals surface area contributed by atoms with Crippen molar-refractivity contribution >= 4 is 0 Å². The number of benzene rings is 4. The first-order valence-electron chi connectivity index (χ1n) is 12.0. The van der Waals surface area contributed by atoms with Gasteiger partial charge in [0, 0.05) is 28.7 Å². The molecule has 7 heteroatoms. The normalized spacial score (nSPS) is 15.0. The lowest BCUT2D eigenvalue weighted by molar-refractivity contribution is 0.324. The van der Waals surface area contributed by atoms with Crippen LogP contribution < -0.4 is 14.2 Å². The Hall–Kier alpha value is -4.52. The van der Waals surface area contributed by atoms with Crippen LogP contribution >= 0.6 is 0 Å². The van der Waals surface area contributed by atoms with Gasteiger partial charge in [0.15, 0.2) is 11.5 Å². The van der Waals surface area contributed by atoms with E-state index in [0.717, 1.165) is 39.1 Å². The SMILES string of the molecule is COc1ccc(CC2c3cc(O)c(O)c(OC)c3Oc3cc(O)c4c(c32)CCc2cc(O)ccc2-4)cc1. The minimum absolute atomic E-state index is 0.0402. The Balaban J connectivity index is 1.59. The van der Waals surface area contributed by atoms with E-state index in [0.29, 0.717) is 36.3 Å². The molecule has 0 saturated heterocycles. The second kappa shape index (κ2) is 8.55. The van der Waals surface area contributed by atoms with Gasteiger partial charge >= 0.3 is 0 Å². The van der Waals surface area contributed by atoms with Crippen molar-refractivity contribution in [2.75, 3.05) is 14.2 Å². The molecular weight excluding hydrogens is 472 g/mol. The number of hydrogen-bond acceptors (Lipinski definition) is 7. The highest BCUT2D eigenvalue weighted by atomic mass is 16.5. The Labute approximate surface area is 213 Å². The number of hydrogen-bond donors (Lipinski definition) is 4. The Morgan fingerprint density at radius 3 is 2.38 bits per heavy atom. The molecule has 1 atom stereocenters. The highest BCUT2D eigenvalue weighted by Crippen LogP contribution is 2.58. The highest BCUT2D eigenvalue weighted by Gasteiger charge is 2.37. The largest absolute Gasteiger partial charge is 0.508 e. The molecular formula is C30H26O7. The Morgan fingerprint density at radius 2 is 1.65 bits per heavy atom. The van der Waals surface area contributed by atoms with Gasteiger partial charge in [-0.2, -0.15) is 0 Å². The van der Waals surface area contributed by atoms with Crippen LogP contribution in [-0.2, 0) is 19.3 Å². The van der Waals surface area contributed by atoms with Gasteiger partial charge in [-0.05, 0) is 71.8 Å². The van der Waals surface area contributed by atoms with Gasteiger partial charge in [0.05, 0.1) is 14.2 Å². The third-order valence-corrected chi connectivity index (χ3v) is 7.38. The quantitative estimate of drug-likeness (QED) is 0.265. The van der Waals surface area contributed by atoms with Crippen molar-refractivity contribution < 1.29 is 34.6 Å². The average Bonchev–Trinajstić information content (AvgIpc) is 2.89. The maximum absolute atomic E-state index is 11.2. The van der Waals surface area contributed by atoms with Crippen molar-refractivity contribution in [2.45, 2.75) is 25.2 Å². The van der Waals surface area contributed by atoms with Crippen molar-refractivity contribution in [2.24, 2.45) is 0 Å². The summed E-state index contributed by atoms with van der Waals surface area (Å²) in [4.78, 5) is 0. The minimum Gasteiger partial charge on any atom is -0.508 e. The lowest BCUT2D eigenvalue weighted by Gasteiger charge is -2.34. The molecule has 0 aromatic heterocycles. The fourth-order valence-electron chi connectivity index (χ4n) is 5.69. The third-order valence-electron chi connectivity index (χ3n) is 7.38. The van der Waals surface area contributed by atoms with Gasteiger partial charge in [-0.25, -0.2) is 0 Å². The highest BCUT2D eigenvalue weighted by molar-refractivity contribution is 5.83. The number of rotatable bonds is 4. The fourth-order valence-corrected chi connectivity index (χ4v) is 5.69. The number of methoxy groups -OCH3 is 2. The molecule has 2 aliphatic rings. The number of phenolic OH excluding ortho intramolecular Hbond substituents is 4. The maximum atomic E-state index is 11.2. The second-order valence-corrected chi connectivity index (χ2v) is 9.41. The summed E-state index contributed by atoms with van der Waals surface area (Å²) in [6.45, 7) is 0. The molecule has 4 N–H and O–H groups in total. The van der Waals surface area contributed by atoms with Crippen LogP contribution in [0.3, 0.4) is 0 Å². The van der Waals surface area contributed by atoms with E-state index in [1.165, 1.54) is 13.2 Å². The third kappa shape index (κ3) is 3.57. The predicted molar refractivity (Wildman–Crippen MR) is 138 cm³/mol. The zero-order valence-electron chi connectivity index (χ0n) is 20.4. The summed E-state index contributed by atoms with van der Waals surface area (Å²) in [7, 11) is 3.03. The first-order chi connectivity index (χ1) is 17.9. The van der Waals surface area contributed by atoms with Crippen molar-refractivity contribution in [1.82, 2.24) is 0 Å². The molecule has 4 aromatic rings. The van der Waals surface area contributed by atoms with E-state index >= 15 is 0 Å². The Morgan fingerprint density at radius 1 is 0.865 bits per heavy atom. The first-order valence-corrected chi connectivity index (χ1v) is 12.0. The number of aromatic hydroxyl groups is 4. The molecule has 7 nitrogen and oxygen atoms in total. The molecule has 0 bridgehead atoms. The molecule has 0 spiro atoms. The molecule has 1 aliphatic carbocycles. The number of aryl methyl sites for hydroxylation is 1. The zero-order chi connectivity index (χ0) is 25.8. The number of phenols is 4. The van der Waals surface area contributed by atoms with Gasteiger partial charge < -0.3 is 34.6 Å². The van der Waals surface area contributed by atoms with Crippen LogP contribution in [-0.4, -0.2) is 34.6 Å². The van der Waals surface area contributed by atoms with Crippen LogP contribution in [0.5, 0.6) is 46.0 Å². The lowest BCUT2D eigenvalue weighted by atomic mass is 9.75. The van der Waals surface area contributed by atoms with E-state index < -0.39 is 5.75 Å². The van der Waals surface area contributed by atoms with Gasteiger partial charge in [0.25, 0.3) is 0 Å². The predicted octanol–water partition coefficient (Wildman–Crippen LogP) is 5.77. The molecule has 0 radical (unpaired) electrons. The molecule has 6 rings (SSSR count). The topological polar surface area (TPSA) is 109 Å². The van der Waals surface area contributed by atoms with Gasteiger partial charge in [0.2, 0.25) is 11.5 Å². The van der Waals surface area contributed by atoms with Crippen molar-refractivity contribution in [1.29, 1.82) is 0 Å². The zero-order valence-corrected chi connectivity index (χ0v) is 20.4.